The van der Waals surface area contributed by atoms with Crippen LogP contribution in [0.5, 0.6) is 5.75 Å². The van der Waals surface area contributed by atoms with Gasteiger partial charge in [-0.2, -0.15) is 10.2 Å². The maximum atomic E-state index is 5.70. The molecule has 0 aliphatic rings. The zero-order chi connectivity index (χ0) is 14.4. The summed E-state index contributed by atoms with van der Waals surface area (Å²) < 4.78 is 5.70. The maximum Gasteiger partial charge on any atom is 0.138 e. The van der Waals surface area contributed by atoms with E-state index in [4.69, 9.17) is 4.74 Å². The van der Waals surface area contributed by atoms with Gasteiger partial charge in [-0.05, 0) is 43.7 Å². The molecule has 0 bridgehead atoms. The zero-order valence-electron chi connectivity index (χ0n) is 12.1. The van der Waals surface area contributed by atoms with Gasteiger partial charge in [0.1, 0.15) is 5.75 Å². The van der Waals surface area contributed by atoms with E-state index in [0.717, 1.165) is 23.4 Å². The van der Waals surface area contributed by atoms with E-state index in [9.17, 15) is 0 Å². The van der Waals surface area contributed by atoms with Crippen LogP contribution in [0.2, 0.25) is 0 Å². The van der Waals surface area contributed by atoms with Crippen molar-refractivity contribution >= 4 is 0 Å². The monoisotopic (exact) mass is 272 g/mol. The second-order valence-electron chi connectivity index (χ2n) is 4.79. The number of nitrogens with one attached hydrogen (secondary N) is 1. The molecule has 106 valence electrons. The summed E-state index contributed by atoms with van der Waals surface area (Å²) in [6.07, 6.45) is 7.18. The van der Waals surface area contributed by atoms with E-state index in [1.54, 1.807) is 18.6 Å². The van der Waals surface area contributed by atoms with Gasteiger partial charge in [-0.3, -0.25) is 4.98 Å². The second-order valence-corrected chi connectivity index (χ2v) is 4.79. The molecule has 5 nitrogen and oxygen atoms in total. The van der Waals surface area contributed by atoms with Gasteiger partial charge in [0, 0.05) is 12.4 Å². The third-order valence-electron chi connectivity index (χ3n) is 2.79. The summed E-state index contributed by atoms with van der Waals surface area (Å²) in [5.41, 5.74) is 2.11. The minimum Gasteiger partial charge on any atom is -0.489 e. The Hall–Kier alpha value is -2.01. The molecule has 0 spiro atoms. The molecule has 2 aromatic rings. The molecule has 2 heterocycles. The molecule has 0 saturated carbocycles. The fourth-order valence-corrected chi connectivity index (χ4v) is 2.03. The number of aromatic nitrogens is 3. The number of hydrogen-bond donors (Lipinski definition) is 1. The van der Waals surface area contributed by atoms with Gasteiger partial charge in [0.25, 0.3) is 0 Å². The summed E-state index contributed by atoms with van der Waals surface area (Å²) in [5, 5.41) is 11.2. The van der Waals surface area contributed by atoms with Gasteiger partial charge >= 0.3 is 0 Å². The quantitative estimate of drug-likeness (QED) is 0.874. The van der Waals surface area contributed by atoms with E-state index in [-0.39, 0.29) is 12.1 Å². The number of nitrogens with zero attached hydrogens (tertiary/aromatic N) is 3. The van der Waals surface area contributed by atoms with Crippen LogP contribution in [0.3, 0.4) is 0 Å². The van der Waals surface area contributed by atoms with Crippen molar-refractivity contribution in [2.45, 2.75) is 32.9 Å². The van der Waals surface area contributed by atoms with E-state index in [0.29, 0.717) is 0 Å². The van der Waals surface area contributed by atoms with Crippen molar-refractivity contribution in [2.24, 2.45) is 0 Å². The van der Waals surface area contributed by atoms with Crippen molar-refractivity contribution < 1.29 is 4.74 Å². The summed E-state index contributed by atoms with van der Waals surface area (Å²) in [6.45, 7) is 6.92. The lowest BCUT2D eigenvalue weighted by Crippen LogP contribution is -2.22. The van der Waals surface area contributed by atoms with Gasteiger partial charge < -0.3 is 10.1 Å². The number of rotatable bonds is 6. The highest BCUT2D eigenvalue weighted by Crippen LogP contribution is 2.23. The number of pyridine rings is 1. The molecule has 1 N–H and O–H groups in total. The van der Waals surface area contributed by atoms with E-state index in [1.807, 2.05) is 32.2 Å². The van der Waals surface area contributed by atoms with Crippen LogP contribution >= 0.6 is 0 Å². The highest BCUT2D eigenvalue weighted by Gasteiger charge is 2.14. The Morgan fingerprint density at radius 2 is 2.00 bits per heavy atom. The van der Waals surface area contributed by atoms with Gasteiger partial charge in [0.05, 0.1) is 24.5 Å². The Balaban J connectivity index is 2.30. The molecule has 0 aliphatic carbocycles. The van der Waals surface area contributed by atoms with Gasteiger partial charge in [0.15, 0.2) is 0 Å². The van der Waals surface area contributed by atoms with Crippen LogP contribution in [0.1, 0.15) is 37.9 Å². The first kappa shape index (κ1) is 14.4. The highest BCUT2D eigenvalue weighted by atomic mass is 16.5. The van der Waals surface area contributed by atoms with Crippen molar-refractivity contribution in [1.82, 2.24) is 20.5 Å². The smallest absolute Gasteiger partial charge is 0.138 e. The predicted octanol–water partition coefficient (Wildman–Crippen LogP) is 2.36. The van der Waals surface area contributed by atoms with Crippen LogP contribution in [-0.4, -0.2) is 27.8 Å². The normalized spacial score (nSPS) is 12.4. The van der Waals surface area contributed by atoms with Crippen LogP contribution in [-0.2, 0) is 0 Å². The van der Waals surface area contributed by atoms with Crippen molar-refractivity contribution in [2.75, 3.05) is 6.54 Å². The van der Waals surface area contributed by atoms with Crippen molar-refractivity contribution in [3.63, 3.8) is 0 Å². The first-order valence-corrected chi connectivity index (χ1v) is 6.82. The maximum absolute atomic E-state index is 5.70. The number of hydrogen-bond acceptors (Lipinski definition) is 5. The lowest BCUT2D eigenvalue weighted by Gasteiger charge is -2.19. The molecular weight excluding hydrogens is 252 g/mol. The van der Waals surface area contributed by atoms with Gasteiger partial charge in [-0.15, -0.1) is 0 Å². The molecule has 2 rings (SSSR count). The molecular formula is C15H20N4O. The van der Waals surface area contributed by atoms with Crippen LogP contribution in [0.15, 0.2) is 36.9 Å². The summed E-state index contributed by atoms with van der Waals surface area (Å²) in [6, 6.07) is 4.01. The van der Waals surface area contributed by atoms with Crippen LogP contribution in [0.25, 0.3) is 0 Å². The van der Waals surface area contributed by atoms with E-state index < -0.39 is 0 Å². The van der Waals surface area contributed by atoms with Crippen LogP contribution < -0.4 is 10.1 Å². The van der Waals surface area contributed by atoms with Crippen molar-refractivity contribution in [1.29, 1.82) is 0 Å². The Kier molecular flexibility index (Phi) is 5.01. The van der Waals surface area contributed by atoms with Gasteiger partial charge in [-0.1, -0.05) is 6.92 Å². The fraction of sp³-hybridized carbons (Fsp3) is 0.400. The standard InChI is InChI=1S/C15H20N4O/c1-4-17-15(12-5-6-18-19-9-12)13-7-14(10-16-8-13)20-11(2)3/h5-11,15,17H,4H2,1-3H3. The minimum absolute atomic E-state index is 0.0405. The average Bonchev–Trinajstić information content (AvgIpc) is 2.45. The summed E-state index contributed by atoms with van der Waals surface area (Å²) in [4.78, 5) is 4.27. The third kappa shape index (κ3) is 3.74. The molecule has 1 unspecified atom stereocenters. The second kappa shape index (κ2) is 6.96. The number of ether oxygens (including phenoxy) is 1. The van der Waals surface area contributed by atoms with E-state index in [2.05, 4.69) is 27.4 Å². The Morgan fingerprint density at radius 1 is 1.15 bits per heavy atom. The zero-order valence-corrected chi connectivity index (χ0v) is 12.1. The first-order valence-electron chi connectivity index (χ1n) is 6.82. The van der Waals surface area contributed by atoms with Crippen molar-refractivity contribution in [3.05, 3.63) is 48.0 Å². The molecule has 5 heteroatoms. The predicted molar refractivity (Wildman–Crippen MR) is 77.6 cm³/mol. The average molecular weight is 272 g/mol. The van der Waals surface area contributed by atoms with Crippen LogP contribution in [0.4, 0.5) is 0 Å². The Labute approximate surface area is 119 Å². The first-order chi connectivity index (χ1) is 9.70. The van der Waals surface area contributed by atoms with Crippen molar-refractivity contribution in [3.8, 4) is 5.75 Å². The minimum atomic E-state index is 0.0405. The molecule has 20 heavy (non-hydrogen) atoms. The molecule has 0 aliphatic heterocycles. The fourth-order valence-electron chi connectivity index (χ4n) is 2.03. The molecule has 0 fully saturated rings. The largest absolute Gasteiger partial charge is 0.489 e. The highest BCUT2D eigenvalue weighted by molar-refractivity contribution is 5.32. The molecule has 0 radical (unpaired) electrons. The van der Waals surface area contributed by atoms with E-state index in [1.165, 1.54) is 0 Å². The molecule has 0 aromatic carbocycles. The lowest BCUT2D eigenvalue weighted by molar-refractivity contribution is 0.241. The topological polar surface area (TPSA) is 59.9 Å². The molecule has 0 saturated heterocycles. The molecule has 2 aromatic heterocycles. The van der Waals surface area contributed by atoms with E-state index >= 15 is 0 Å². The van der Waals surface area contributed by atoms with Crippen LogP contribution in [0, 0.1) is 0 Å². The molecule has 1 atom stereocenters. The van der Waals surface area contributed by atoms with Gasteiger partial charge in [0.2, 0.25) is 0 Å². The summed E-state index contributed by atoms with van der Waals surface area (Å²) >= 11 is 0. The Bertz CT molecular complexity index is 530. The SMILES string of the molecule is CCNC(c1ccnnc1)c1cncc(OC(C)C)c1. The molecule has 0 amide bonds. The summed E-state index contributed by atoms with van der Waals surface area (Å²) in [5.74, 6) is 0.780. The summed E-state index contributed by atoms with van der Waals surface area (Å²) in [7, 11) is 0. The lowest BCUT2D eigenvalue weighted by atomic mass is 10.0. The van der Waals surface area contributed by atoms with Gasteiger partial charge in [-0.25, -0.2) is 0 Å². The third-order valence-corrected chi connectivity index (χ3v) is 2.79. The Morgan fingerprint density at radius 3 is 2.65 bits per heavy atom.